The fraction of sp³-hybridized carbons (Fsp3) is 0.900. The van der Waals surface area contributed by atoms with Crippen LogP contribution in [0.15, 0.2) is 12.7 Å². The van der Waals surface area contributed by atoms with E-state index in [-0.39, 0.29) is 5.60 Å². The SMILES string of the molecule is C=CC(C)[C@H]1C[C@@H]2[C@@]3(C)CCCC(C)(C)[C@@H]3CC[C@@]2(C)O1. The maximum Gasteiger partial charge on any atom is 0.0693 e. The third kappa shape index (κ3) is 2.22. The normalized spacial score (nSPS) is 50.0. The summed E-state index contributed by atoms with van der Waals surface area (Å²) in [6, 6.07) is 0. The molecule has 0 N–H and O–H groups in total. The van der Waals surface area contributed by atoms with Gasteiger partial charge in [0.2, 0.25) is 0 Å². The summed E-state index contributed by atoms with van der Waals surface area (Å²) in [5.74, 6) is 2.08. The fourth-order valence-corrected chi connectivity index (χ4v) is 6.37. The van der Waals surface area contributed by atoms with Crippen LogP contribution in [0.5, 0.6) is 0 Å². The van der Waals surface area contributed by atoms with Crippen molar-refractivity contribution >= 4 is 0 Å². The molecule has 1 aliphatic heterocycles. The van der Waals surface area contributed by atoms with Crippen molar-refractivity contribution in [3.63, 3.8) is 0 Å². The summed E-state index contributed by atoms with van der Waals surface area (Å²) in [6.45, 7) is 16.3. The highest BCUT2D eigenvalue weighted by Crippen LogP contribution is 2.65. The third-order valence-electron chi connectivity index (χ3n) is 7.59. The first-order valence-electron chi connectivity index (χ1n) is 9.03. The fourth-order valence-electron chi connectivity index (χ4n) is 6.37. The monoisotopic (exact) mass is 290 g/mol. The number of hydrogen-bond acceptors (Lipinski definition) is 1. The van der Waals surface area contributed by atoms with Crippen molar-refractivity contribution in [2.75, 3.05) is 0 Å². The summed E-state index contributed by atoms with van der Waals surface area (Å²) in [6.07, 6.45) is 10.5. The molecule has 0 bridgehead atoms. The Hall–Kier alpha value is -0.300. The van der Waals surface area contributed by atoms with E-state index >= 15 is 0 Å². The van der Waals surface area contributed by atoms with Gasteiger partial charge in [-0.05, 0) is 67.6 Å². The molecule has 0 aromatic rings. The van der Waals surface area contributed by atoms with Gasteiger partial charge in [-0.1, -0.05) is 40.2 Å². The van der Waals surface area contributed by atoms with Gasteiger partial charge in [0.05, 0.1) is 11.7 Å². The zero-order chi connectivity index (χ0) is 15.5. The van der Waals surface area contributed by atoms with E-state index in [9.17, 15) is 0 Å². The van der Waals surface area contributed by atoms with Crippen molar-refractivity contribution in [3.8, 4) is 0 Å². The van der Waals surface area contributed by atoms with E-state index in [0.29, 0.717) is 22.9 Å². The zero-order valence-electron chi connectivity index (χ0n) is 14.7. The van der Waals surface area contributed by atoms with Gasteiger partial charge in [-0.2, -0.15) is 0 Å². The number of fused-ring (bicyclic) bond motifs is 3. The van der Waals surface area contributed by atoms with E-state index in [1.165, 1.54) is 38.5 Å². The van der Waals surface area contributed by atoms with E-state index in [1.54, 1.807) is 0 Å². The van der Waals surface area contributed by atoms with Crippen LogP contribution in [-0.2, 0) is 4.74 Å². The van der Waals surface area contributed by atoms with Crippen LogP contribution >= 0.6 is 0 Å². The van der Waals surface area contributed by atoms with E-state index in [0.717, 1.165) is 11.8 Å². The van der Waals surface area contributed by atoms with Crippen LogP contribution in [0.3, 0.4) is 0 Å². The Morgan fingerprint density at radius 3 is 2.48 bits per heavy atom. The minimum absolute atomic E-state index is 0.112. The van der Waals surface area contributed by atoms with E-state index in [2.05, 4.69) is 47.3 Å². The smallest absolute Gasteiger partial charge is 0.0693 e. The molecular weight excluding hydrogens is 256 g/mol. The number of rotatable bonds is 2. The second kappa shape index (κ2) is 4.85. The van der Waals surface area contributed by atoms with Crippen molar-refractivity contribution in [1.82, 2.24) is 0 Å². The highest BCUT2D eigenvalue weighted by atomic mass is 16.5. The highest BCUT2D eigenvalue weighted by molar-refractivity contribution is 5.11. The first-order valence-corrected chi connectivity index (χ1v) is 9.03. The van der Waals surface area contributed by atoms with E-state index in [1.807, 2.05) is 0 Å². The molecular formula is C20H34O. The van der Waals surface area contributed by atoms with Crippen molar-refractivity contribution in [1.29, 1.82) is 0 Å². The Kier molecular flexibility index (Phi) is 3.60. The van der Waals surface area contributed by atoms with Gasteiger partial charge in [0.15, 0.2) is 0 Å². The summed E-state index contributed by atoms with van der Waals surface area (Å²) in [4.78, 5) is 0. The van der Waals surface area contributed by atoms with Crippen molar-refractivity contribution in [2.45, 2.75) is 84.8 Å². The lowest BCUT2D eigenvalue weighted by Crippen LogP contribution is -2.55. The zero-order valence-corrected chi connectivity index (χ0v) is 14.7. The molecule has 0 amide bonds. The average molecular weight is 290 g/mol. The van der Waals surface area contributed by atoms with Crippen LogP contribution in [0, 0.1) is 28.6 Å². The Labute approximate surface area is 131 Å². The lowest BCUT2D eigenvalue weighted by molar-refractivity contribution is -0.157. The van der Waals surface area contributed by atoms with Gasteiger partial charge in [-0.3, -0.25) is 0 Å². The van der Waals surface area contributed by atoms with Gasteiger partial charge in [0, 0.05) is 0 Å². The summed E-state index contributed by atoms with van der Waals surface area (Å²) < 4.78 is 6.62. The van der Waals surface area contributed by atoms with Gasteiger partial charge >= 0.3 is 0 Å². The Balaban J connectivity index is 1.92. The van der Waals surface area contributed by atoms with Gasteiger partial charge in [0.1, 0.15) is 0 Å². The maximum absolute atomic E-state index is 6.62. The summed E-state index contributed by atoms with van der Waals surface area (Å²) >= 11 is 0. The second-order valence-corrected chi connectivity index (χ2v) is 9.29. The second-order valence-electron chi connectivity index (χ2n) is 9.29. The molecule has 0 spiro atoms. The van der Waals surface area contributed by atoms with Crippen molar-refractivity contribution in [2.24, 2.45) is 28.6 Å². The van der Waals surface area contributed by atoms with Gasteiger partial charge in [-0.25, -0.2) is 0 Å². The third-order valence-corrected chi connectivity index (χ3v) is 7.59. The number of hydrogen-bond donors (Lipinski definition) is 0. The molecule has 3 rings (SSSR count). The largest absolute Gasteiger partial charge is 0.371 e. The van der Waals surface area contributed by atoms with Crippen LogP contribution in [-0.4, -0.2) is 11.7 Å². The molecule has 0 aromatic heterocycles. The summed E-state index contributed by atoms with van der Waals surface area (Å²) in [5, 5.41) is 0. The predicted molar refractivity (Wildman–Crippen MR) is 89.2 cm³/mol. The molecule has 0 aromatic carbocycles. The molecule has 120 valence electrons. The van der Waals surface area contributed by atoms with Gasteiger partial charge in [0.25, 0.3) is 0 Å². The molecule has 1 nitrogen and oxygen atoms in total. The maximum atomic E-state index is 6.62. The Morgan fingerprint density at radius 1 is 1.10 bits per heavy atom. The molecule has 3 aliphatic rings. The van der Waals surface area contributed by atoms with Crippen LogP contribution in [0.25, 0.3) is 0 Å². The molecule has 1 unspecified atom stereocenters. The first-order chi connectivity index (χ1) is 9.73. The van der Waals surface area contributed by atoms with E-state index in [4.69, 9.17) is 4.74 Å². The average Bonchev–Trinajstić information content (AvgIpc) is 2.76. The lowest BCUT2D eigenvalue weighted by atomic mass is 9.45. The topological polar surface area (TPSA) is 9.23 Å². The van der Waals surface area contributed by atoms with E-state index < -0.39 is 0 Å². The van der Waals surface area contributed by atoms with Crippen LogP contribution in [0.2, 0.25) is 0 Å². The highest BCUT2D eigenvalue weighted by Gasteiger charge is 2.62. The minimum Gasteiger partial charge on any atom is -0.371 e. The summed E-state index contributed by atoms with van der Waals surface area (Å²) in [7, 11) is 0. The van der Waals surface area contributed by atoms with Gasteiger partial charge in [-0.15, -0.1) is 6.58 Å². The Morgan fingerprint density at radius 2 is 1.81 bits per heavy atom. The van der Waals surface area contributed by atoms with Crippen LogP contribution in [0.4, 0.5) is 0 Å². The van der Waals surface area contributed by atoms with Crippen LogP contribution in [0.1, 0.15) is 73.1 Å². The molecule has 6 atom stereocenters. The standard InChI is InChI=1S/C20H34O/c1-7-14(2)15-13-17-19(5)11-8-10-18(3,4)16(19)9-12-20(17,6)21-15/h7,14-17H,1,8-13H2,2-6H3/t14?,15-,16+,17-,19+,20-/m1/s1. The molecule has 21 heavy (non-hydrogen) atoms. The molecule has 1 heterocycles. The molecule has 0 radical (unpaired) electrons. The van der Waals surface area contributed by atoms with Crippen molar-refractivity contribution < 1.29 is 4.74 Å². The molecule has 2 aliphatic carbocycles. The van der Waals surface area contributed by atoms with Crippen LogP contribution < -0.4 is 0 Å². The quantitative estimate of drug-likeness (QED) is 0.602. The molecule has 1 heteroatoms. The summed E-state index contributed by atoms with van der Waals surface area (Å²) in [5.41, 5.74) is 1.10. The lowest BCUT2D eigenvalue weighted by Gasteiger charge is -2.60. The minimum atomic E-state index is 0.112. The molecule has 3 fully saturated rings. The first kappa shape index (κ1) is 15.6. The number of ether oxygens (including phenoxy) is 1. The molecule has 2 saturated carbocycles. The Bertz CT molecular complexity index is 426. The molecule has 1 saturated heterocycles. The predicted octanol–water partition coefficient (Wildman–Crippen LogP) is 5.60. The van der Waals surface area contributed by atoms with Crippen molar-refractivity contribution in [3.05, 3.63) is 12.7 Å². The van der Waals surface area contributed by atoms with Gasteiger partial charge < -0.3 is 4.74 Å².